The quantitative estimate of drug-likeness (QED) is 0.727. The number of carbonyl (C=O) groups is 1. The SMILES string of the molecule is Cc1cccnc1NC(=O)C1(N)CC1. The van der Waals surface area contributed by atoms with Crippen molar-refractivity contribution in [1.82, 2.24) is 4.98 Å². The molecule has 74 valence electrons. The molecule has 4 heteroatoms. The molecule has 1 heterocycles. The van der Waals surface area contributed by atoms with E-state index in [9.17, 15) is 4.79 Å². The van der Waals surface area contributed by atoms with Crippen molar-refractivity contribution in [2.45, 2.75) is 25.3 Å². The number of aryl methyl sites for hydroxylation is 1. The maximum atomic E-state index is 11.6. The molecule has 0 saturated heterocycles. The summed E-state index contributed by atoms with van der Waals surface area (Å²) in [6, 6.07) is 3.74. The molecular formula is C10H13N3O. The molecule has 1 aromatic rings. The van der Waals surface area contributed by atoms with Gasteiger partial charge in [0.05, 0.1) is 5.54 Å². The summed E-state index contributed by atoms with van der Waals surface area (Å²) in [4.78, 5) is 15.6. The Balaban J connectivity index is 2.11. The monoisotopic (exact) mass is 191 g/mol. The lowest BCUT2D eigenvalue weighted by Gasteiger charge is -2.10. The molecule has 14 heavy (non-hydrogen) atoms. The zero-order valence-electron chi connectivity index (χ0n) is 8.08. The molecule has 0 bridgehead atoms. The molecule has 1 fully saturated rings. The van der Waals surface area contributed by atoms with E-state index >= 15 is 0 Å². The van der Waals surface area contributed by atoms with Crippen LogP contribution in [0.3, 0.4) is 0 Å². The summed E-state index contributed by atoms with van der Waals surface area (Å²) in [5.74, 6) is 0.480. The average Bonchev–Trinajstić information content (AvgIpc) is 2.89. The van der Waals surface area contributed by atoms with Crippen molar-refractivity contribution in [3.63, 3.8) is 0 Å². The van der Waals surface area contributed by atoms with Crippen LogP contribution in [0.5, 0.6) is 0 Å². The highest BCUT2D eigenvalue weighted by atomic mass is 16.2. The number of pyridine rings is 1. The first kappa shape index (κ1) is 9.15. The van der Waals surface area contributed by atoms with Crippen molar-refractivity contribution >= 4 is 11.7 Å². The van der Waals surface area contributed by atoms with Gasteiger partial charge in [-0.05, 0) is 31.4 Å². The van der Waals surface area contributed by atoms with Crippen molar-refractivity contribution in [3.05, 3.63) is 23.9 Å². The van der Waals surface area contributed by atoms with E-state index in [1.807, 2.05) is 19.1 Å². The Morgan fingerprint density at radius 1 is 1.64 bits per heavy atom. The maximum Gasteiger partial charge on any atom is 0.245 e. The van der Waals surface area contributed by atoms with Crippen LogP contribution in [0.25, 0.3) is 0 Å². The fraction of sp³-hybridized carbons (Fsp3) is 0.400. The van der Waals surface area contributed by atoms with Gasteiger partial charge in [0, 0.05) is 6.20 Å². The van der Waals surface area contributed by atoms with Crippen LogP contribution < -0.4 is 11.1 Å². The molecule has 4 nitrogen and oxygen atoms in total. The minimum absolute atomic E-state index is 0.126. The smallest absolute Gasteiger partial charge is 0.245 e. The molecule has 1 aliphatic rings. The standard InChI is InChI=1S/C10H13N3O/c1-7-3-2-6-12-8(7)13-9(14)10(11)4-5-10/h2-3,6H,4-5,11H2,1H3,(H,12,13,14). The molecule has 0 aliphatic heterocycles. The third kappa shape index (κ3) is 1.61. The van der Waals surface area contributed by atoms with Gasteiger partial charge in [-0.15, -0.1) is 0 Å². The number of hydrogen-bond donors (Lipinski definition) is 2. The predicted molar refractivity (Wildman–Crippen MR) is 53.8 cm³/mol. The predicted octanol–water partition coefficient (Wildman–Crippen LogP) is 0.820. The lowest BCUT2D eigenvalue weighted by molar-refractivity contribution is -0.118. The van der Waals surface area contributed by atoms with E-state index in [0.29, 0.717) is 5.82 Å². The number of nitrogens with zero attached hydrogens (tertiary/aromatic N) is 1. The van der Waals surface area contributed by atoms with Gasteiger partial charge in [0.2, 0.25) is 5.91 Å². The van der Waals surface area contributed by atoms with E-state index in [4.69, 9.17) is 5.73 Å². The highest BCUT2D eigenvalue weighted by Crippen LogP contribution is 2.33. The first-order valence-corrected chi connectivity index (χ1v) is 4.64. The highest BCUT2D eigenvalue weighted by Gasteiger charge is 2.46. The van der Waals surface area contributed by atoms with Crippen molar-refractivity contribution in [2.24, 2.45) is 5.73 Å². The highest BCUT2D eigenvalue weighted by molar-refractivity contribution is 5.99. The van der Waals surface area contributed by atoms with E-state index in [-0.39, 0.29) is 5.91 Å². The Morgan fingerprint density at radius 2 is 2.36 bits per heavy atom. The summed E-state index contributed by atoms with van der Waals surface area (Å²) in [7, 11) is 0. The molecule has 0 unspecified atom stereocenters. The second kappa shape index (κ2) is 3.06. The topological polar surface area (TPSA) is 68.0 Å². The molecule has 3 N–H and O–H groups in total. The Kier molecular flexibility index (Phi) is 2.00. The number of hydrogen-bond acceptors (Lipinski definition) is 3. The third-order valence-corrected chi connectivity index (χ3v) is 2.48. The van der Waals surface area contributed by atoms with Crippen LogP contribution in [0.15, 0.2) is 18.3 Å². The molecule has 1 amide bonds. The zero-order valence-corrected chi connectivity index (χ0v) is 8.08. The van der Waals surface area contributed by atoms with Crippen molar-refractivity contribution < 1.29 is 4.79 Å². The van der Waals surface area contributed by atoms with Gasteiger partial charge in [-0.25, -0.2) is 4.98 Å². The number of nitrogens with one attached hydrogen (secondary N) is 1. The number of nitrogens with two attached hydrogens (primary N) is 1. The summed E-state index contributed by atoms with van der Waals surface area (Å²) < 4.78 is 0. The van der Waals surface area contributed by atoms with Crippen LogP contribution in [0.1, 0.15) is 18.4 Å². The maximum absolute atomic E-state index is 11.6. The molecule has 1 aromatic heterocycles. The third-order valence-electron chi connectivity index (χ3n) is 2.48. The molecule has 1 saturated carbocycles. The van der Waals surface area contributed by atoms with Gasteiger partial charge < -0.3 is 11.1 Å². The van der Waals surface area contributed by atoms with E-state index < -0.39 is 5.54 Å². The van der Waals surface area contributed by atoms with Gasteiger partial charge >= 0.3 is 0 Å². The number of anilines is 1. The lowest BCUT2D eigenvalue weighted by atomic mass is 10.2. The Morgan fingerprint density at radius 3 is 2.93 bits per heavy atom. The molecule has 0 atom stereocenters. The summed E-state index contributed by atoms with van der Waals surface area (Å²) in [5, 5.41) is 2.74. The first-order valence-electron chi connectivity index (χ1n) is 4.64. The summed E-state index contributed by atoms with van der Waals surface area (Å²) in [6.07, 6.45) is 3.19. The van der Waals surface area contributed by atoms with Gasteiger partial charge in [-0.3, -0.25) is 4.79 Å². The Bertz CT molecular complexity index is 371. The average molecular weight is 191 g/mol. The molecule has 0 radical (unpaired) electrons. The van der Waals surface area contributed by atoms with Crippen molar-refractivity contribution in [2.75, 3.05) is 5.32 Å². The largest absolute Gasteiger partial charge is 0.317 e. The van der Waals surface area contributed by atoms with E-state index in [2.05, 4.69) is 10.3 Å². The van der Waals surface area contributed by atoms with Gasteiger partial charge in [0.15, 0.2) is 0 Å². The fourth-order valence-corrected chi connectivity index (χ4v) is 1.21. The number of amides is 1. The summed E-state index contributed by atoms with van der Waals surface area (Å²) in [6.45, 7) is 1.90. The van der Waals surface area contributed by atoms with Crippen LogP contribution in [0, 0.1) is 6.92 Å². The number of carbonyl (C=O) groups excluding carboxylic acids is 1. The minimum atomic E-state index is -0.635. The molecular weight excluding hydrogens is 178 g/mol. The van der Waals surface area contributed by atoms with E-state index in [1.54, 1.807) is 6.20 Å². The minimum Gasteiger partial charge on any atom is -0.317 e. The normalized spacial score (nSPS) is 17.6. The van der Waals surface area contributed by atoms with E-state index in [0.717, 1.165) is 18.4 Å². The van der Waals surface area contributed by atoms with E-state index in [1.165, 1.54) is 0 Å². The van der Waals surface area contributed by atoms with Crippen molar-refractivity contribution in [3.8, 4) is 0 Å². The van der Waals surface area contributed by atoms with Gasteiger partial charge in [-0.1, -0.05) is 6.07 Å². The van der Waals surface area contributed by atoms with Gasteiger partial charge in [-0.2, -0.15) is 0 Å². The molecule has 0 spiro atoms. The van der Waals surface area contributed by atoms with Crippen LogP contribution >= 0.6 is 0 Å². The van der Waals surface area contributed by atoms with Crippen LogP contribution in [-0.2, 0) is 4.79 Å². The number of rotatable bonds is 2. The van der Waals surface area contributed by atoms with Crippen LogP contribution in [0.4, 0.5) is 5.82 Å². The molecule has 0 aromatic carbocycles. The lowest BCUT2D eigenvalue weighted by Crippen LogP contribution is -2.38. The first-order chi connectivity index (χ1) is 6.62. The van der Waals surface area contributed by atoms with Crippen LogP contribution in [-0.4, -0.2) is 16.4 Å². The summed E-state index contributed by atoms with van der Waals surface area (Å²) in [5.41, 5.74) is 6.06. The number of aromatic nitrogens is 1. The molecule has 2 rings (SSSR count). The molecule has 1 aliphatic carbocycles. The second-order valence-corrected chi connectivity index (χ2v) is 3.78. The van der Waals surface area contributed by atoms with Gasteiger partial charge in [0.25, 0.3) is 0 Å². The van der Waals surface area contributed by atoms with Crippen LogP contribution in [0.2, 0.25) is 0 Å². The Hall–Kier alpha value is -1.42. The summed E-state index contributed by atoms with van der Waals surface area (Å²) >= 11 is 0. The zero-order chi connectivity index (χ0) is 10.2. The Labute approximate surface area is 82.5 Å². The van der Waals surface area contributed by atoms with Gasteiger partial charge in [0.1, 0.15) is 5.82 Å². The fourth-order valence-electron chi connectivity index (χ4n) is 1.21. The second-order valence-electron chi connectivity index (χ2n) is 3.78. The van der Waals surface area contributed by atoms with Crippen molar-refractivity contribution in [1.29, 1.82) is 0 Å².